The van der Waals surface area contributed by atoms with Gasteiger partial charge in [-0.15, -0.1) is 0 Å². The maximum absolute atomic E-state index is 14.1. The number of halogens is 5. The number of carbonyl (C=O) groups is 3. The van der Waals surface area contributed by atoms with Crippen LogP contribution < -0.4 is 70.4 Å². The number of benzene rings is 9. The van der Waals surface area contributed by atoms with Crippen molar-refractivity contribution in [2.75, 3.05) is 6.26 Å². The first-order chi connectivity index (χ1) is 60.6. The van der Waals surface area contributed by atoms with Gasteiger partial charge in [-0.25, -0.2) is 46.3 Å². The first-order valence-electron chi connectivity index (χ1n) is 41.3. The zero-order valence-electron chi connectivity index (χ0n) is 80.8. The van der Waals surface area contributed by atoms with Crippen molar-refractivity contribution in [3.8, 4) is 34.8 Å². The minimum atomic E-state index is -3.69. The van der Waals surface area contributed by atoms with Crippen molar-refractivity contribution < 1.29 is 114 Å². The van der Waals surface area contributed by atoms with Gasteiger partial charge in [0.25, 0.3) is 0 Å². The summed E-state index contributed by atoms with van der Waals surface area (Å²) in [6.07, 6.45) is -1.26. The minimum absolute atomic E-state index is 0. The smallest absolute Gasteiger partial charge is 1.00 e. The molecule has 0 atom stereocenters. The number of thiocarbonyl (C=S) groups is 4. The molecule has 0 aliphatic carbocycles. The summed E-state index contributed by atoms with van der Waals surface area (Å²) in [5.41, 5.74) is 9.81. The van der Waals surface area contributed by atoms with Crippen LogP contribution in [-0.2, 0) is 98.3 Å². The van der Waals surface area contributed by atoms with Crippen molar-refractivity contribution in [1.82, 2.24) is 31.9 Å². The van der Waals surface area contributed by atoms with E-state index in [9.17, 15) is 49.9 Å². The Hall–Kier alpha value is -10.9. The summed E-state index contributed by atoms with van der Waals surface area (Å²) in [6, 6.07) is 54.3. The van der Waals surface area contributed by atoms with E-state index in [1.807, 2.05) is 0 Å². The van der Waals surface area contributed by atoms with Crippen LogP contribution in [0.4, 0.5) is 36.3 Å². The van der Waals surface area contributed by atoms with Gasteiger partial charge in [0.15, 0.2) is 10.2 Å². The molecule has 0 bridgehead atoms. The van der Waals surface area contributed by atoms with E-state index in [0.29, 0.717) is 47.5 Å². The molecule has 0 saturated heterocycles. The number of phenolic OH excluding ortho intramolecular Hbond substituents is 3. The van der Waals surface area contributed by atoms with Crippen LogP contribution in [-0.4, -0.2) is 94.1 Å². The summed E-state index contributed by atoms with van der Waals surface area (Å²) in [7, 11) is -3.69. The van der Waals surface area contributed by atoms with Gasteiger partial charge in [-0.1, -0.05) is 204 Å². The number of aromatic hydroxyl groups is 3. The Kier molecular flexibility index (Phi) is 50.9. The predicted molar refractivity (Wildman–Crippen MR) is 528 cm³/mol. The topological polar surface area (TPSA) is 313 Å². The van der Waals surface area contributed by atoms with Crippen molar-refractivity contribution in [1.29, 1.82) is 5.26 Å². The average molecular weight is 1940 g/mol. The second kappa shape index (κ2) is 56.3. The van der Waals surface area contributed by atoms with Crippen LogP contribution in [0.5, 0.6) is 28.7 Å². The summed E-state index contributed by atoms with van der Waals surface area (Å²) in [4.78, 5) is 42.2. The first kappa shape index (κ1) is 120. The third-order valence-electron chi connectivity index (χ3n) is 17.4. The second-order valence-corrected chi connectivity index (χ2v) is 39.3. The molecule has 2 amide bonds. The van der Waals surface area contributed by atoms with Crippen LogP contribution in [0.15, 0.2) is 198 Å². The number of hydrogen-bond acceptors (Lipinski definition) is 20. The third kappa shape index (κ3) is 51.8. The zero-order valence-corrected chi connectivity index (χ0v) is 85.9. The molecule has 34 heteroatoms. The molecule has 711 valence electrons. The number of hydrogen-bond donors (Lipinski definition) is 9. The van der Waals surface area contributed by atoms with Crippen LogP contribution in [0.1, 0.15) is 219 Å². The molecule has 9 aromatic carbocycles. The molecule has 9 rings (SSSR count). The number of amides is 2. The van der Waals surface area contributed by atoms with Crippen molar-refractivity contribution in [3.05, 3.63) is 289 Å². The Bertz CT molecular complexity index is 5450. The summed E-state index contributed by atoms with van der Waals surface area (Å²) in [5, 5.41) is 57.7. The molecular formula is C99H123BF5N9NaO13S5. The van der Waals surface area contributed by atoms with Gasteiger partial charge in [0.2, 0.25) is 0 Å². The number of aliphatic imine (C=N–C) groups is 2. The molecular weight excluding hydrogens is 1810 g/mol. The van der Waals surface area contributed by atoms with Crippen LogP contribution in [0, 0.1) is 40.4 Å². The van der Waals surface area contributed by atoms with Crippen molar-refractivity contribution in [2.24, 2.45) is 9.98 Å². The largest absolute Gasteiger partial charge is 1.00 e. The summed E-state index contributed by atoms with van der Waals surface area (Å²) in [5.74, 6) is -3.37. The molecule has 0 saturated carbocycles. The van der Waals surface area contributed by atoms with E-state index in [4.69, 9.17) is 58.9 Å². The fourth-order valence-electron chi connectivity index (χ4n) is 10.5. The van der Waals surface area contributed by atoms with Gasteiger partial charge >= 0.3 is 58.0 Å². The number of phenols is 3. The second-order valence-electron chi connectivity index (χ2n) is 36.6. The average Bonchev–Trinajstić information content (AvgIpc) is 0.849. The Morgan fingerprint density at radius 3 is 0.940 bits per heavy atom. The molecule has 133 heavy (non-hydrogen) atoms. The van der Waals surface area contributed by atoms with E-state index in [0.717, 1.165) is 47.7 Å². The summed E-state index contributed by atoms with van der Waals surface area (Å²) in [6.45, 7) is 44.6. The number of nitrogens with one attached hydrogen (secondary N) is 6. The molecule has 0 aliphatic rings. The number of alkyl carbamates (subject to hydrolysis) is 2. The van der Waals surface area contributed by atoms with E-state index in [1.54, 1.807) is 68.4 Å². The monoisotopic (exact) mass is 1930 g/mol. The van der Waals surface area contributed by atoms with Gasteiger partial charge in [-0.3, -0.25) is 0 Å². The SMILES string of the molecule is CC(C)(C)OC(=O)NCc1ccc(O)cc1F.CC(C)(C)OC(=O)NCc1ccc(OC(=O)OC(C)(C)C)cc1F.CC(C)(C)c1ccc(CN=C=S)cc1.CC(C)(C)c1ccc(CN=C=S)cc1.CC(C)(C)c1ccc(CNC(=S)NCc2ccc(O)cc2F)cc1.CC(C)(C)c1ccc(CNC(=S)NCc2ccc(OS(C)(=O)=O)cc2F)cc1.N#Cc1ccc(O)cc1F.[B].[H-].[Na+]. The normalized spacial score (nSPS) is 10.9. The Morgan fingerprint density at radius 2 is 0.662 bits per heavy atom. The van der Waals surface area contributed by atoms with Crippen LogP contribution >= 0.6 is 48.9 Å². The summed E-state index contributed by atoms with van der Waals surface area (Å²) >= 11 is 19.5. The Morgan fingerprint density at radius 1 is 0.391 bits per heavy atom. The zero-order chi connectivity index (χ0) is 99.1. The fraction of sp³-hybridized carbons (Fsp3) is 0.374. The Labute approximate surface area is 828 Å². The molecule has 9 aromatic rings. The summed E-state index contributed by atoms with van der Waals surface area (Å²) < 4.78 is 114. The Balaban J connectivity index is 0.00000157. The van der Waals surface area contributed by atoms with Gasteiger partial charge < -0.3 is 71.8 Å². The number of ether oxygens (including phenoxy) is 4. The molecule has 9 N–H and O–H groups in total. The molecule has 0 fully saturated rings. The van der Waals surface area contributed by atoms with E-state index in [2.05, 4.69) is 261 Å². The standard InChI is InChI=1S/C20H25FN2O3S2.C19H23FN2OS.C17H24FNO5.C12H16FNO3.2C12H15NS.C7H4FNO.B.Na.H/c1-20(2,3)16-8-5-14(6-9-16)12-22-19(27)23-13-15-7-10-17(11-18(15)21)26-28(4,24)25;1-19(2,3)15-7-4-13(5-8-15)11-21-18(24)22-12-14-6-9-16(23)10-17(14)20;1-16(2,3)23-14(20)19-10-11-7-8-12(9-13(11)18)22-15(21)24-17(4,5)6;1-12(2,3)17-11(16)14-7-8-4-5-9(15)6-10(8)13;2*1-12(2,3)11-6-4-10(5-7-11)8-13-9-14;8-7-3-6(10)2-1-5(7)4-9;;;/h5-11H,12-13H2,1-4H3,(H2,22,23,27);4-10,23H,11-12H2,1-3H3,(H2,21,22,24);7-9H,10H2,1-6H3,(H,19,20);4-6,15H,7H2,1-3H3,(H,14,16);2*4-7H,8H2,1-3H3;1-3,10H;;;/q;;;;;;;;+1;-1. The van der Waals surface area contributed by atoms with Gasteiger partial charge in [0, 0.05) is 100 Å². The van der Waals surface area contributed by atoms with Gasteiger partial charge in [-0.05, 0) is 214 Å². The fourth-order valence-corrected chi connectivity index (χ4v) is 11.3. The number of isothiocyanates is 2. The molecule has 0 aliphatic heterocycles. The van der Waals surface area contributed by atoms with Gasteiger partial charge in [0.05, 0.1) is 35.2 Å². The van der Waals surface area contributed by atoms with Crippen molar-refractivity contribution in [2.45, 2.75) is 236 Å². The van der Waals surface area contributed by atoms with Crippen molar-refractivity contribution in [3.63, 3.8) is 0 Å². The van der Waals surface area contributed by atoms with Crippen LogP contribution in [0.2, 0.25) is 0 Å². The first-order valence-corrected chi connectivity index (χ1v) is 44.7. The predicted octanol–water partition coefficient (Wildman–Crippen LogP) is 19.7. The number of nitrogens with zero attached hydrogens (tertiary/aromatic N) is 3. The van der Waals surface area contributed by atoms with Gasteiger partial charge in [-0.2, -0.15) is 13.7 Å². The quantitative estimate of drug-likeness (QED) is 0.00531. The van der Waals surface area contributed by atoms with E-state index >= 15 is 0 Å². The maximum Gasteiger partial charge on any atom is 1.00 e. The van der Waals surface area contributed by atoms with Crippen LogP contribution in [0.3, 0.4) is 0 Å². The molecule has 0 heterocycles. The van der Waals surface area contributed by atoms with E-state index < -0.39 is 74.3 Å². The number of rotatable bonds is 19. The number of nitriles is 1. The van der Waals surface area contributed by atoms with Crippen LogP contribution in [0.25, 0.3) is 0 Å². The molecule has 3 radical (unpaired) electrons. The minimum Gasteiger partial charge on any atom is -1.00 e. The molecule has 0 aromatic heterocycles. The van der Waals surface area contributed by atoms with Crippen molar-refractivity contribution >= 4 is 106 Å². The van der Waals surface area contributed by atoms with Gasteiger partial charge in [0.1, 0.15) is 80.7 Å². The van der Waals surface area contributed by atoms with E-state index in [-0.39, 0.29) is 133 Å². The molecule has 0 unspecified atom stereocenters. The number of carbonyl (C=O) groups excluding carboxylic acids is 3. The molecule has 22 nitrogen and oxygen atoms in total. The van der Waals surface area contributed by atoms with E-state index in [1.165, 1.54) is 94.0 Å². The third-order valence-corrected chi connectivity index (χ3v) is 18.7. The maximum atomic E-state index is 14.1. The molecule has 0 spiro atoms.